The lowest BCUT2D eigenvalue weighted by Gasteiger charge is -2.30. The molecule has 1 fully saturated rings. The molecule has 0 radical (unpaired) electrons. The van der Waals surface area contributed by atoms with Crippen LogP contribution in [0.25, 0.3) is 11.4 Å². The van der Waals surface area contributed by atoms with Crippen molar-refractivity contribution in [3.05, 3.63) is 17.5 Å². The van der Waals surface area contributed by atoms with E-state index in [0.29, 0.717) is 19.0 Å². The first-order chi connectivity index (χ1) is 12.8. The van der Waals surface area contributed by atoms with E-state index in [1.807, 2.05) is 10.9 Å². The third kappa shape index (κ3) is 3.55. The van der Waals surface area contributed by atoms with Gasteiger partial charge in [-0.1, -0.05) is 5.21 Å². The Morgan fingerprint density at radius 2 is 1.96 bits per heavy atom. The highest BCUT2D eigenvalue weighted by Crippen LogP contribution is 2.32. The number of aromatic nitrogens is 5. The number of sulfonamides is 1. The molecule has 9 nitrogen and oxygen atoms in total. The quantitative estimate of drug-likeness (QED) is 0.836. The van der Waals surface area contributed by atoms with Crippen LogP contribution in [0.1, 0.15) is 44.0 Å². The summed E-state index contributed by atoms with van der Waals surface area (Å²) in [6, 6.07) is 0.371. The van der Waals surface area contributed by atoms with Gasteiger partial charge in [0.1, 0.15) is 5.69 Å². The molecular weight excluding hydrogens is 366 g/mol. The van der Waals surface area contributed by atoms with E-state index in [9.17, 15) is 8.42 Å². The summed E-state index contributed by atoms with van der Waals surface area (Å²) < 4.78 is 26.8. The van der Waals surface area contributed by atoms with Gasteiger partial charge in [0.15, 0.2) is 0 Å². The number of aryl methyl sites for hydroxylation is 2. The van der Waals surface area contributed by atoms with Gasteiger partial charge in [0, 0.05) is 31.4 Å². The molecule has 1 saturated heterocycles. The Hall–Kier alpha value is -2.07. The lowest BCUT2D eigenvalue weighted by Crippen LogP contribution is -2.42. The maximum Gasteiger partial charge on any atom is 0.223 e. The summed E-state index contributed by atoms with van der Waals surface area (Å²) >= 11 is 0. The minimum absolute atomic E-state index is 0.164. The zero-order valence-corrected chi connectivity index (χ0v) is 16.7. The monoisotopic (exact) mass is 391 g/mol. The fourth-order valence-electron chi connectivity index (χ4n) is 3.73. The van der Waals surface area contributed by atoms with Crippen LogP contribution in [0.2, 0.25) is 0 Å². The van der Waals surface area contributed by atoms with Crippen molar-refractivity contribution in [1.82, 2.24) is 29.3 Å². The van der Waals surface area contributed by atoms with Gasteiger partial charge in [-0.3, -0.25) is 0 Å². The molecule has 1 aliphatic heterocycles. The van der Waals surface area contributed by atoms with Gasteiger partial charge in [0.2, 0.25) is 16.0 Å². The number of hydrogen-bond acceptors (Lipinski definition) is 7. The van der Waals surface area contributed by atoms with E-state index in [-0.39, 0.29) is 12.1 Å². The van der Waals surface area contributed by atoms with Crippen molar-refractivity contribution in [1.29, 1.82) is 0 Å². The zero-order chi connectivity index (χ0) is 19.2. The van der Waals surface area contributed by atoms with Crippen LogP contribution in [-0.4, -0.2) is 63.1 Å². The van der Waals surface area contributed by atoms with Crippen molar-refractivity contribution >= 4 is 16.0 Å². The zero-order valence-electron chi connectivity index (χ0n) is 15.9. The number of rotatable bonds is 4. The summed E-state index contributed by atoms with van der Waals surface area (Å²) in [5, 5.41) is 12.0. The van der Waals surface area contributed by atoms with Crippen molar-refractivity contribution in [2.75, 3.05) is 24.7 Å². The molecule has 1 aliphatic carbocycles. The lowest BCUT2D eigenvalue weighted by atomic mass is 9.97. The topological polar surface area (TPSA) is 106 Å². The molecule has 0 spiro atoms. The molecule has 27 heavy (non-hydrogen) atoms. The van der Waals surface area contributed by atoms with Crippen molar-refractivity contribution in [3.63, 3.8) is 0 Å². The van der Waals surface area contributed by atoms with Gasteiger partial charge >= 0.3 is 0 Å². The van der Waals surface area contributed by atoms with Crippen LogP contribution in [-0.2, 0) is 22.9 Å². The summed E-state index contributed by atoms with van der Waals surface area (Å²) in [6.45, 7) is 5.21. The molecule has 2 aliphatic rings. The van der Waals surface area contributed by atoms with Gasteiger partial charge in [0.25, 0.3) is 0 Å². The lowest BCUT2D eigenvalue weighted by molar-refractivity contribution is 0.331. The number of fused-ring (bicyclic) bond motifs is 3. The van der Waals surface area contributed by atoms with Crippen LogP contribution in [0, 0.1) is 0 Å². The first-order valence-corrected chi connectivity index (χ1v) is 11.2. The Balaban J connectivity index is 1.55. The molecule has 146 valence electrons. The van der Waals surface area contributed by atoms with Crippen LogP contribution in [0.3, 0.4) is 0 Å². The molecule has 0 amide bonds. The molecule has 0 saturated carbocycles. The standard InChI is InChI=1S/C17H25N7O2S/c1-11(2)24-16-14(21-22-24)5-4-12-10-18-17(20-15(12)16)19-13-6-8-23(9-7-13)27(3,25)26/h10-11,13H,4-9H2,1-3H3,(H,18,19,20). The molecule has 0 unspecified atom stereocenters. The predicted octanol–water partition coefficient (Wildman–Crippen LogP) is 1.25. The molecule has 10 heteroatoms. The number of piperidine rings is 1. The molecule has 1 N–H and O–H groups in total. The summed E-state index contributed by atoms with van der Waals surface area (Å²) in [4.78, 5) is 9.26. The normalized spacial score (nSPS) is 18.4. The molecule has 0 atom stereocenters. The second-order valence-electron chi connectivity index (χ2n) is 7.57. The number of hydrogen-bond donors (Lipinski definition) is 1. The SMILES string of the molecule is CC(C)n1nnc2c1-c1nc(NC3CCN(S(C)(=O)=O)CC3)ncc1CC2. The molecule has 0 bridgehead atoms. The van der Waals surface area contributed by atoms with Crippen molar-refractivity contribution in [2.45, 2.75) is 51.6 Å². The maximum absolute atomic E-state index is 11.7. The van der Waals surface area contributed by atoms with Crippen LogP contribution >= 0.6 is 0 Å². The molecule has 0 aromatic carbocycles. The Morgan fingerprint density at radius 3 is 2.63 bits per heavy atom. The van der Waals surface area contributed by atoms with E-state index in [2.05, 4.69) is 34.5 Å². The minimum atomic E-state index is -3.12. The highest BCUT2D eigenvalue weighted by atomic mass is 32.2. The highest BCUT2D eigenvalue weighted by Gasteiger charge is 2.28. The fraction of sp³-hybridized carbons (Fsp3) is 0.647. The van der Waals surface area contributed by atoms with Crippen LogP contribution < -0.4 is 5.32 Å². The van der Waals surface area contributed by atoms with Gasteiger partial charge < -0.3 is 5.32 Å². The summed E-state index contributed by atoms with van der Waals surface area (Å²) in [6.07, 6.45) is 6.35. The van der Waals surface area contributed by atoms with Crippen molar-refractivity contribution in [2.24, 2.45) is 0 Å². The maximum atomic E-state index is 11.7. The average molecular weight is 392 g/mol. The Bertz CT molecular complexity index is 946. The number of nitrogens with zero attached hydrogens (tertiary/aromatic N) is 6. The molecular formula is C17H25N7O2S. The summed E-state index contributed by atoms with van der Waals surface area (Å²) in [5.74, 6) is 0.580. The van der Waals surface area contributed by atoms with Crippen LogP contribution in [0.15, 0.2) is 6.20 Å². The average Bonchev–Trinajstić information content (AvgIpc) is 3.06. The summed E-state index contributed by atoms with van der Waals surface area (Å²) in [7, 11) is -3.12. The molecule has 2 aromatic rings. The van der Waals surface area contributed by atoms with E-state index in [4.69, 9.17) is 4.98 Å². The van der Waals surface area contributed by atoms with E-state index >= 15 is 0 Å². The van der Waals surface area contributed by atoms with E-state index < -0.39 is 10.0 Å². The predicted molar refractivity (Wildman–Crippen MR) is 102 cm³/mol. The van der Waals surface area contributed by atoms with Crippen LogP contribution in [0.4, 0.5) is 5.95 Å². The third-order valence-electron chi connectivity index (χ3n) is 5.23. The Labute approximate surface area is 159 Å². The Morgan fingerprint density at radius 1 is 1.22 bits per heavy atom. The second-order valence-corrected chi connectivity index (χ2v) is 9.55. The third-order valence-corrected chi connectivity index (χ3v) is 6.53. The molecule has 3 heterocycles. The molecule has 2 aromatic heterocycles. The Kier molecular flexibility index (Phi) is 4.63. The fourth-order valence-corrected chi connectivity index (χ4v) is 4.61. The van der Waals surface area contributed by atoms with E-state index in [1.54, 1.807) is 0 Å². The van der Waals surface area contributed by atoms with E-state index in [1.165, 1.54) is 10.6 Å². The van der Waals surface area contributed by atoms with Gasteiger partial charge in [-0.25, -0.2) is 27.4 Å². The summed E-state index contributed by atoms with van der Waals surface area (Å²) in [5.41, 5.74) is 4.00. The van der Waals surface area contributed by atoms with Gasteiger partial charge in [-0.05, 0) is 45.1 Å². The highest BCUT2D eigenvalue weighted by molar-refractivity contribution is 7.88. The smallest absolute Gasteiger partial charge is 0.223 e. The minimum Gasteiger partial charge on any atom is -0.351 e. The number of nitrogens with one attached hydrogen (secondary N) is 1. The number of anilines is 1. The van der Waals surface area contributed by atoms with Crippen molar-refractivity contribution in [3.8, 4) is 11.4 Å². The van der Waals surface area contributed by atoms with E-state index in [0.717, 1.165) is 48.3 Å². The van der Waals surface area contributed by atoms with Gasteiger partial charge in [-0.2, -0.15) is 0 Å². The first kappa shape index (κ1) is 18.3. The van der Waals surface area contributed by atoms with Gasteiger partial charge in [0.05, 0.1) is 17.6 Å². The second kappa shape index (κ2) is 6.83. The van der Waals surface area contributed by atoms with Crippen molar-refractivity contribution < 1.29 is 8.42 Å². The van der Waals surface area contributed by atoms with Crippen LogP contribution in [0.5, 0.6) is 0 Å². The molecule has 4 rings (SSSR count). The first-order valence-electron chi connectivity index (χ1n) is 9.35. The largest absolute Gasteiger partial charge is 0.351 e. The van der Waals surface area contributed by atoms with Gasteiger partial charge in [-0.15, -0.1) is 5.10 Å².